The number of nitrogens with zero attached hydrogens (tertiary/aromatic N) is 3. The van der Waals surface area contributed by atoms with Gasteiger partial charge in [-0.1, -0.05) is 6.07 Å². The highest BCUT2D eigenvalue weighted by atomic mass is 19.1. The van der Waals surface area contributed by atoms with Gasteiger partial charge in [-0.3, -0.25) is 4.79 Å². The SMILES string of the molecule is COc1cccc2c1cc(C(=O)N1CCN(c3ccc(F)cc3)CC1)n2C. The third-order valence-electron chi connectivity index (χ3n) is 5.24. The predicted octanol–water partition coefficient (Wildman–Crippen LogP) is 3.29. The highest BCUT2D eigenvalue weighted by Gasteiger charge is 2.25. The second-order valence-electron chi connectivity index (χ2n) is 6.74. The lowest BCUT2D eigenvalue weighted by Gasteiger charge is -2.36. The molecule has 6 heteroatoms. The fourth-order valence-corrected chi connectivity index (χ4v) is 3.70. The average Bonchev–Trinajstić information content (AvgIpc) is 3.05. The maximum absolute atomic E-state index is 13.1. The van der Waals surface area contributed by atoms with Crippen LogP contribution in [-0.2, 0) is 7.05 Å². The summed E-state index contributed by atoms with van der Waals surface area (Å²) in [5.41, 5.74) is 2.62. The van der Waals surface area contributed by atoms with Gasteiger partial charge in [0, 0.05) is 44.3 Å². The third kappa shape index (κ3) is 3.12. The number of benzene rings is 2. The number of anilines is 1. The molecule has 0 saturated carbocycles. The number of ether oxygens (including phenoxy) is 1. The standard InChI is InChI=1S/C21H22FN3O2/c1-23-18-4-3-5-20(27-2)17(18)14-19(23)21(26)25-12-10-24(11-13-25)16-8-6-15(22)7-9-16/h3-9,14H,10-13H2,1-2H3. The summed E-state index contributed by atoms with van der Waals surface area (Å²) in [7, 11) is 3.54. The number of piperazine rings is 1. The molecular weight excluding hydrogens is 345 g/mol. The molecule has 0 aliphatic carbocycles. The number of aryl methyl sites for hydroxylation is 1. The van der Waals surface area contributed by atoms with Crippen molar-refractivity contribution in [2.24, 2.45) is 7.05 Å². The molecule has 4 rings (SSSR count). The fraction of sp³-hybridized carbons (Fsp3) is 0.286. The number of aromatic nitrogens is 1. The van der Waals surface area contributed by atoms with Crippen LogP contribution in [0.2, 0.25) is 0 Å². The van der Waals surface area contributed by atoms with Gasteiger partial charge in [-0.15, -0.1) is 0 Å². The van der Waals surface area contributed by atoms with Gasteiger partial charge in [0.25, 0.3) is 5.91 Å². The van der Waals surface area contributed by atoms with E-state index in [0.29, 0.717) is 18.8 Å². The van der Waals surface area contributed by atoms with Crippen LogP contribution in [0.1, 0.15) is 10.5 Å². The first-order valence-corrected chi connectivity index (χ1v) is 9.00. The van der Waals surface area contributed by atoms with E-state index < -0.39 is 0 Å². The Bertz CT molecular complexity index is 973. The molecule has 1 amide bonds. The topological polar surface area (TPSA) is 37.7 Å². The number of carbonyl (C=O) groups excluding carboxylic acids is 1. The highest BCUT2D eigenvalue weighted by molar-refractivity contribution is 6.00. The van der Waals surface area contributed by atoms with Gasteiger partial charge in [0.15, 0.2) is 0 Å². The highest BCUT2D eigenvalue weighted by Crippen LogP contribution is 2.29. The van der Waals surface area contributed by atoms with Crippen LogP contribution < -0.4 is 9.64 Å². The van der Waals surface area contributed by atoms with Gasteiger partial charge in [-0.25, -0.2) is 4.39 Å². The molecule has 0 spiro atoms. The van der Waals surface area contributed by atoms with Crippen molar-refractivity contribution >= 4 is 22.5 Å². The van der Waals surface area contributed by atoms with E-state index in [0.717, 1.165) is 35.4 Å². The Hall–Kier alpha value is -3.02. The van der Waals surface area contributed by atoms with Gasteiger partial charge in [-0.2, -0.15) is 0 Å². The first-order chi connectivity index (χ1) is 13.1. The van der Waals surface area contributed by atoms with Crippen molar-refractivity contribution in [3.05, 3.63) is 60.0 Å². The lowest BCUT2D eigenvalue weighted by Crippen LogP contribution is -2.49. The van der Waals surface area contributed by atoms with Crippen LogP contribution in [0.15, 0.2) is 48.5 Å². The maximum Gasteiger partial charge on any atom is 0.270 e. The lowest BCUT2D eigenvalue weighted by molar-refractivity contribution is 0.0737. The second-order valence-corrected chi connectivity index (χ2v) is 6.74. The van der Waals surface area contributed by atoms with Crippen LogP contribution in [-0.4, -0.2) is 48.7 Å². The number of hydrogen-bond donors (Lipinski definition) is 0. The fourth-order valence-electron chi connectivity index (χ4n) is 3.70. The molecule has 0 unspecified atom stereocenters. The van der Waals surface area contributed by atoms with E-state index in [2.05, 4.69) is 4.90 Å². The Kier molecular flexibility index (Phi) is 4.48. The largest absolute Gasteiger partial charge is 0.496 e. The molecule has 0 radical (unpaired) electrons. The molecule has 5 nitrogen and oxygen atoms in total. The number of halogens is 1. The van der Waals surface area contributed by atoms with Crippen molar-refractivity contribution in [2.75, 3.05) is 38.2 Å². The number of rotatable bonds is 3. The molecule has 27 heavy (non-hydrogen) atoms. The smallest absolute Gasteiger partial charge is 0.270 e. The predicted molar refractivity (Wildman–Crippen MR) is 104 cm³/mol. The summed E-state index contributed by atoms with van der Waals surface area (Å²) >= 11 is 0. The molecule has 0 N–H and O–H groups in total. The molecule has 3 aromatic rings. The summed E-state index contributed by atoms with van der Waals surface area (Å²) in [6.07, 6.45) is 0. The first-order valence-electron chi connectivity index (χ1n) is 9.00. The quantitative estimate of drug-likeness (QED) is 0.713. The van der Waals surface area contributed by atoms with Crippen molar-refractivity contribution in [2.45, 2.75) is 0 Å². The number of methoxy groups -OCH3 is 1. The number of hydrogen-bond acceptors (Lipinski definition) is 3. The van der Waals surface area contributed by atoms with Gasteiger partial charge < -0.3 is 19.1 Å². The average molecular weight is 367 g/mol. The zero-order chi connectivity index (χ0) is 19.0. The van der Waals surface area contributed by atoms with E-state index in [4.69, 9.17) is 4.74 Å². The zero-order valence-electron chi connectivity index (χ0n) is 15.5. The van der Waals surface area contributed by atoms with Gasteiger partial charge in [-0.05, 0) is 42.5 Å². The van der Waals surface area contributed by atoms with E-state index in [9.17, 15) is 9.18 Å². The summed E-state index contributed by atoms with van der Waals surface area (Å²) in [4.78, 5) is 17.1. The van der Waals surface area contributed by atoms with Crippen molar-refractivity contribution in [1.29, 1.82) is 0 Å². The minimum absolute atomic E-state index is 0.0227. The van der Waals surface area contributed by atoms with Crippen LogP contribution in [0, 0.1) is 5.82 Å². The number of carbonyl (C=O) groups is 1. The molecule has 0 atom stereocenters. The summed E-state index contributed by atoms with van der Waals surface area (Å²) < 4.78 is 20.5. The summed E-state index contributed by atoms with van der Waals surface area (Å²) in [6.45, 7) is 2.72. The zero-order valence-corrected chi connectivity index (χ0v) is 15.5. The molecule has 1 saturated heterocycles. The monoisotopic (exact) mass is 367 g/mol. The van der Waals surface area contributed by atoms with E-state index in [1.54, 1.807) is 19.2 Å². The van der Waals surface area contributed by atoms with E-state index >= 15 is 0 Å². The molecular formula is C21H22FN3O2. The summed E-state index contributed by atoms with van der Waals surface area (Å²) in [5, 5.41) is 0.941. The molecule has 1 aromatic heterocycles. The Morgan fingerprint density at radius 3 is 2.41 bits per heavy atom. The molecule has 140 valence electrons. The van der Waals surface area contributed by atoms with E-state index in [1.807, 2.05) is 40.8 Å². The molecule has 1 aliphatic heterocycles. The van der Waals surface area contributed by atoms with E-state index in [-0.39, 0.29) is 11.7 Å². The van der Waals surface area contributed by atoms with Gasteiger partial charge in [0.1, 0.15) is 17.3 Å². The lowest BCUT2D eigenvalue weighted by atomic mass is 10.2. The van der Waals surface area contributed by atoms with Gasteiger partial charge in [0.2, 0.25) is 0 Å². The Morgan fingerprint density at radius 2 is 1.74 bits per heavy atom. The Balaban J connectivity index is 1.52. The van der Waals surface area contributed by atoms with Crippen molar-refractivity contribution in [1.82, 2.24) is 9.47 Å². The van der Waals surface area contributed by atoms with Crippen LogP contribution in [0.25, 0.3) is 10.9 Å². The Labute approximate surface area is 157 Å². The van der Waals surface area contributed by atoms with Crippen molar-refractivity contribution in [3.8, 4) is 5.75 Å². The minimum Gasteiger partial charge on any atom is -0.496 e. The summed E-state index contributed by atoms with van der Waals surface area (Å²) in [6, 6.07) is 14.2. The number of fused-ring (bicyclic) bond motifs is 1. The number of amides is 1. The van der Waals surface area contributed by atoms with Crippen LogP contribution in [0.5, 0.6) is 5.75 Å². The van der Waals surface area contributed by atoms with Crippen molar-refractivity contribution < 1.29 is 13.9 Å². The summed E-state index contributed by atoms with van der Waals surface area (Å²) in [5.74, 6) is 0.552. The molecule has 1 fully saturated rings. The van der Waals surface area contributed by atoms with Crippen LogP contribution in [0.3, 0.4) is 0 Å². The molecule has 0 bridgehead atoms. The van der Waals surface area contributed by atoms with Crippen LogP contribution in [0.4, 0.5) is 10.1 Å². The first kappa shape index (κ1) is 17.4. The Morgan fingerprint density at radius 1 is 1.04 bits per heavy atom. The van der Waals surface area contributed by atoms with Gasteiger partial charge in [0.05, 0.1) is 12.6 Å². The second kappa shape index (κ2) is 6.95. The molecule has 1 aliphatic rings. The van der Waals surface area contributed by atoms with Crippen molar-refractivity contribution in [3.63, 3.8) is 0 Å². The molecule has 2 aromatic carbocycles. The molecule has 2 heterocycles. The van der Waals surface area contributed by atoms with Crippen LogP contribution >= 0.6 is 0 Å². The van der Waals surface area contributed by atoms with Gasteiger partial charge >= 0.3 is 0 Å². The van der Waals surface area contributed by atoms with E-state index in [1.165, 1.54) is 12.1 Å². The minimum atomic E-state index is -0.237. The normalized spacial score (nSPS) is 14.6. The third-order valence-corrected chi connectivity index (χ3v) is 5.24. The maximum atomic E-state index is 13.1.